The van der Waals surface area contributed by atoms with Crippen LogP contribution in [-0.4, -0.2) is 61.2 Å². The Morgan fingerprint density at radius 1 is 1.09 bits per heavy atom. The highest BCUT2D eigenvalue weighted by Crippen LogP contribution is 2.31. The van der Waals surface area contributed by atoms with Crippen molar-refractivity contribution in [2.75, 3.05) is 45.3 Å². The number of carbonyl (C=O) groups is 1. The summed E-state index contributed by atoms with van der Waals surface area (Å²) in [6.45, 7) is 2.52. The summed E-state index contributed by atoms with van der Waals surface area (Å²) < 4.78 is 11.3. The van der Waals surface area contributed by atoms with Crippen LogP contribution in [0.2, 0.25) is 0 Å². The average molecular weight is 445 g/mol. The van der Waals surface area contributed by atoms with Gasteiger partial charge in [-0.05, 0) is 60.9 Å². The summed E-state index contributed by atoms with van der Waals surface area (Å²) in [6, 6.07) is 13.8. The molecule has 0 bridgehead atoms. The summed E-state index contributed by atoms with van der Waals surface area (Å²) in [5.41, 5.74) is 5.64. The van der Waals surface area contributed by atoms with Crippen molar-refractivity contribution >= 4 is 11.6 Å². The Kier molecular flexibility index (Phi) is 5.96. The van der Waals surface area contributed by atoms with Crippen LogP contribution in [0.1, 0.15) is 34.1 Å². The minimum Gasteiger partial charge on any atom is -0.497 e. The predicted molar refractivity (Wildman–Crippen MR) is 127 cm³/mol. The topological polar surface area (TPSA) is 67.8 Å². The van der Waals surface area contributed by atoms with E-state index in [1.54, 1.807) is 19.5 Å². The van der Waals surface area contributed by atoms with Crippen molar-refractivity contribution in [3.05, 3.63) is 71.7 Å². The smallest absolute Gasteiger partial charge is 0.254 e. The maximum Gasteiger partial charge on any atom is 0.254 e. The van der Waals surface area contributed by atoms with E-state index < -0.39 is 0 Å². The van der Waals surface area contributed by atoms with Gasteiger partial charge in [-0.1, -0.05) is 0 Å². The normalized spacial score (nSPS) is 18.1. The molecule has 2 aromatic carbocycles. The molecule has 2 aliphatic rings. The van der Waals surface area contributed by atoms with Crippen LogP contribution in [0.4, 0.5) is 5.69 Å². The molecule has 1 aromatic heterocycles. The van der Waals surface area contributed by atoms with Gasteiger partial charge < -0.3 is 19.3 Å². The molecule has 0 saturated carbocycles. The van der Waals surface area contributed by atoms with Crippen LogP contribution >= 0.6 is 0 Å². The van der Waals surface area contributed by atoms with E-state index in [9.17, 15) is 4.79 Å². The molecule has 1 atom stereocenters. The Morgan fingerprint density at radius 3 is 2.73 bits per heavy atom. The number of carbonyl (C=O) groups excluding carboxylic acids is 1. The summed E-state index contributed by atoms with van der Waals surface area (Å²) in [7, 11) is 3.75. The van der Waals surface area contributed by atoms with Crippen LogP contribution in [0.3, 0.4) is 0 Å². The monoisotopic (exact) mass is 444 g/mol. The van der Waals surface area contributed by atoms with Crippen LogP contribution < -0.4 is 9.64 Å². The van der Waals surface area contributed by atoms with Crippen LogP contribution in [0.25, 0.3) is 11.3 Å². The highest BCUT2D eigenvalue weighted by atomic mass is 16.5. The Morgan fingerprint density at radius 2 is 1.91 bits per heavy atom. The van der Waals surface area contributed by atoms with Crippen molar-refractivity contribution in [3.8, 4) is 17.0 Å². The highest BCUT2D eigenvalue weighted by molar-refractivity contribution is 5.95. The quantitative estimate of drug-likeness (QED) is 0.611. The molecule has 170 valence electrons. The second-order valence-corrected chi connectivity index (χ2v) is 8.50. The molecular formula is C26H28N4O3. The van der Waals surface area contributed by atoms with E-state index in [0.717, 1.165) is 47.7 Å². The van der Waals surface area contributed by atoms with Gasteiger partial charge in [0.15, 0.2) is 0 Å². The van der Waals surface area contributed by atoms with E-state index in [-0.39, 0.29) is 12.0 Å². The van der Waals surface area contributed by atoms with Crippen molar-refractivity contribution in [1.29, 1.82) is 0 Å². The molecule has 3 heterocycles. The van der Waals surface area contributed by atoms with E-state index in [1.165, 1.54) is 11.3 Å². The zero-order valence-corrected chi connectivity index (χ0v) is 19.0. The molecule has 2 aliphatic heterocycles. The number of aryl methyl sites for hydroxylation is 1. The maximum atomic E-state index is 13.4. The number of fused-ring (bicyclic) bond motifs is 1. The lowest BCUT2D eigenvalue weighted by Crippen LogP contribution is -2.42. The Bertz CT molecular complexity index is 1150. The number of benzene rings is 2. The van der Waals surface area contributed by atoms with Gasteiger partial charge in [0.2, 0.25) is 0 Å². The third kappa shape index (κ3) is 4.28. The number of rotatable bonds is 4. The molecule has 1 fully saturated rings. The van der Waals surface area contributed by atoms with Crippen LogP contribution in [0.15, 0.2) is 54.9 Å². The van der Waals surface area contributed by atoms with Crippen molar-refractivity contribution in [1.82, 2.24) is 14.9 Å². The SMILES string of the molecule is COc1ccc(-c2nccnc2C2CN(C(=O)c3ccc4c(c3)CCCN4C)CCO2)cc1. The zero-order valence-electron chi connectivity index (χ0n) is 19.0. The molecule has 7 nitrogen and oxygen atoms in total. The number of anilines is 1. The molecule has 0 spiro atoms. The van der Waals surface area contributed by atoms with E-state index in [2.05, 4.69) is 34.0 Å². The van der Waals surface area contributed by atoms with Crippen LogP contribution in [0, 0.1) is 0 Å². The molecule has 33 heavy (non-hydrogen) atoms. The first-order chi connectivity index (χ1) is 16.1. The third-order valence-corrected chi connectivity index (χ3v) is 6.43. The summed E-state index contributed by atoms with van der Waals surface area (Å²) in [5, 5.41) is 0. The van der Waals surface area contributed by atoms with Crippen LogP contribution in [-0.2, 0) is 11.2 Å². The molecule has 0 aliphatic carbocycles. The molecule has 0 N–H and O–H groups in total. The number of amides is 1. The fraction of sp³-hybridized carbons (Fsp3) is 0.346. The lowest BCUT2D eigenvalue weighted by Gasteiger charge is -2.34. The minimum atomic E-state index is -0.336. The van der Waals surface area contributed by atoms with Crippen LogP contribution in [0.5, 0.6) is 5.75 Å². The minimum absolute atomic E-state index is 0.0363. The van der Waals surface area contributed by atoms with E-state index in [1.807, 2.05) is 35.2 Å². The average Bonchev–Trinajstić information content (AvgIpc) is 2.88. The van der Waals surface area contributed by atoms with Gasteiger partial charge in [0.1, 0.15) is 11.9 Å². The fourth-order valence-corrected chi connectivity index (χ4v) is 4.66. The third-order valence-electron chi connectivity index (χ3n) is 6.43. The molecule has 0 radical (unpaired) electrons. The van der Waals surface area contributed by atoms with Gasteiger partial charge in [-0.2, -0.15) is 0 Å². The lowest BCUT2D eigenvalue weighted by atomic mass is 9.99. The molecule has 1 amide bonds. The van der Waals surface area contributed by atoms with Gasteiger partial charge in [0, 0.05) is 49.3 Å². The number of aromatic nitrogens is 2. The van der Waals surface area contributed by atoms with E-state index in [4.69, 9.17) is 9.47 Å². The number of nitrogens with zero attached hydrogens (tertiary/aromatic N) is 4. The first-order valence-corrected chi connectivity index (χ1v) is 11.3. The summed E-state index contributed by atoms with van der Waals surface area (Å²) in [5.74, 6) is 0.820. The molecular weight excluding hydrogens is 416 g/mol. The highest BCUT2D eigenvalue weighted by Gasteiger charge is 2.30. The van der Waals surface area contributed by atoms with Crippen molar-refractivity contribution in [2.24, 2.45) is 0 Å². The van der Waals surface area contributed by atoms with Crippen molar-refractivity contribution in [2.45, 2.75) is 18.9 Å². The number of hydrogen-bond acceptors (Lipinski definition) is 6. The largest absolute Gasteiger partial charge is 0.497 e. The Hall–Kier alpha value is -3.45. The predicted octanol–water partition coefficient (Wildman–Crippen LogP) is 3.75. The summed E-state index contributed by atoms with van der Waals surface area (Å²) in [6.07, 6.45) is 5.14. The number of morpholine rings is 1. The molecule has 1 unspecified atom stereocenters. The molecule has 1 saturated heterocycles. The number of ether oxygens (including phenoxy) is 2. The molecule has 7 heteroatoms. The molecule has 3 aromatic rings. The maximum absolute atomic E-state index is 13.4. The Labute approximate surface area is 194 Å². The van der Waals surface area contributed by atoms with E-state index in [0.29, 0.717) is 19.7 Å². The van der Waals surface area contributed by atoms with Gasteiger partial charge in [0.25, 0.3) is 5.91 Å². The summed E-state index contributed by atoms with van der Waals surface area (Å²) in [4.78, 5) is 26.7. The number of hydrogen-bond donors (Lipinski definition) is 0. The van der Waals surface area contributed by atoms with Gasteiger partial charge in [-0.15, -0.1) is 0 Å². The molecule has 5 rings (SSSR count). The fourth-order valence-electron chi connectivity index (χ4n) is 4.66. The standard InChI is InChI=1S/C26H28N4O3/c1-29-13-3-4-19-16-20(7-10-22(19)29)26(31)30-14-15-33-23(17-30)25-24(27-11-12-28-25)18-5-8-21(32-2)9-6-18/h5-12,16,23H,3-4,13-15,17H2,1-2H3. The number of methoxy groups -OCH3 is 1. The Balaban J connectivity index is 1.38. The lowest BCUT2D eigenvalue weighted by molar-refractivity contribution is -0.0246. The first-order valence-electron chi connectivity index (χ1n) is 11.3. The zero-order chi connectivity index (χ0) is 22.8. The second kappa shape index (κ2) is 9.19. The van der Waals surface area contributed by atoms with Gasteiger partial charge in [0.05, 0.1) is 31.6 Å². The van der Waals surface area contributed by atoms with Gasteiger partial charge >= 0.3 is 0 Å². The van der Waals surface area contributed by atoms with Crippen molar-refractivity contribution in [3.63, 3.8) is 0 Å². The summed E-state index contributed by atoms with van der Waals surface area (Å²) >= 11 is 0. The second-order valence-electron chi connectivity index (χ2n) is 8.50. The van der Waals surface area contributed by atoms with Gasteiger partial charge in [-0.25, -0.2) is 0 Å². The van der Waals surface area contributed by atoms with E-state index >= 15 is 0 Å². The van der Waals surface area contributed by atoms with Gasteiger partial charge in [-0.3, -0.25) is 14.8 Å². The first kappa shape index (κ1) is 21.4. The van der Waals surface area contributed by atoms with Crippen molar-refractivity contribution < 1.29 is 14.3 Å².